The SMILES string of the molecule is O=C(CO/N=C/c1cccs1)Nc1ccc(Cl)c(S(=O)(=O)N2CCOCC2)c1. The fourth-order valence-electron chi connectivity index (χ4n) is 2.45. The minimum atomic E-state index is -3.78. The summed E-state index contributed by atoms with van der Waals surface area (Å²) in [7, 11) is -3.78. The van der Waals surface area contributed by atoms with Gasteiger partial charge in [-0.05, 0) is 29.6 Å². The van der Waals surface area contributed by atoms with Gasteiger partial charge < -0.3 is 14.9 Å². The molecule has 0 unspecified atom stereocenters. The number of carbonyl (C=O) groups is 1. The molecule has 3 rings (SSSR count). The monoisotopic (exact) mass is 443 g/mol. The maximum Gasteiger partial charge on any atom is 0.265 e. The van der Waals surface area contributed by atoms with Gasteiger partial charge in [-0.3, -0.25) is 4.79 Å². The number of hydrogen-bond acceptors (Lipinski definition) is 7. The van der Waals surface area contributed by atoms with Crippen LogP contribution in [0.3, 0.4) is 0 Å². The molecule has 28 heavy (non-hydrogen) atoms. The lowest BCUT2D eigenvalue weighted by atomic mass is 10.3. The number of amides is 1. The third-order valence-corrected chi connectivity index (χ3v) is 6.98. The fraction of sp³-hybridized carbons (Fsp3) is 0.294. The number of benzene rings is 1. The summed E-state index contributed by atoms with van der Waals surface area (Å²) in [5.41, 5.74) is 0.298. The van der Waals surface area contributed by atoms with Gasteiger partial charge in [-0.2, -0.15) is 4.31 Å². The zero-order chi connectivity index (χ0) is 20.0. The molecular weight excluding hydrogens is 426 g/mol. The molecule has 2 aromatic rings. The van der Waals surface area contributed by atoms with Crippen molar-refractivity contribution in [1.29, 1.82) is 0 Å². The van der Waals surface area contributed by atoms with Crippen molar-refractivity contribution >= 4 is 50.8 Å². The first-order valence-corrected chi connectivity index (χ1v) is 11.0. The van der Waals surface area contributed by atoms with Crippen molar-refractivity contribution in [3.8, 4) is 0 Å². The van der Waals surface area contributed by atoms with Crippen LogP contribution >= 0.6 is 22.9 Å². The van der Waals surface area contributed by atoms with Crippen molar-refractivity contribution < 1.29 is 22.8 Å². The van der Waals surface area contributed by atoms with E-state index in [1.165, 1.54) is 40.1 Å². The van der Waals surface area contributed by atoms with Gasteiger partial charge in [0.2, 0.25) is 10.0 Å². The van der Waals surface area contributed by atoms with Crippen LogP contribution in [0.1, 0.15) is 4.88 Å². The Hall–Kier alpha value is -1.98. The Bertz CT molecular complexity index is 942. The molecule has 1 aliphatic heterocycles. The van der Waals surface area contributed by atoms with E-state index in [4.69, 9.17) is 21.2 Å². The first-order valence-electron chi connectivity index (χ1n) is 8.33. The second kappa shape index (κ2) is 9.48. The number of rotatable bonds is 7. The smallest absolute Gasteiger partial charge is 0.265 e. The molecular formula is C17H18ClN3O5S2. The quantitative estimate of drug-likeness (QED) is 0.523. The number of carbonyl (C=O) groups excluding carboxylic acids is 1. The number of sulfonamides is 1. The van der Waals surface area contributed by atoms with Crippen molar-refractivity contribution in [3.63, 3.8) is 0 Å². The van der Waals surface area contributed by atoms with Crippen LogP contribution < -0.4 is 5.32 Å². The summed E-state index contributed by atoms with van der Waals surface area (Å²) in [6, 6.07) is 8.03. The lowest BCUT2D eigenvalue weighted by molar-refractivity contribution is -0.120. The predicted molar refractivity (Wildman–Crippen MR) is 108 cm³/mol. The molecule has 1 aliphatic rings. The van der Waals surface area contributed by atoms with Gasteiger partial charge in [-0.15, -0.1) is 11.3 Å². The van der Waals surface area contributed by atoms with E-state index >= 15 is 0 Å². The van der Waals surface area contributed by atoms with Crippen molar-refractivity contribution in [2.24, 2.45) is 5.16 Å². The number of halogens is 1. The Morgan fingerprint density at radius 1 is 1.36 bits per heavy atom. The minimum Gasteiger partial charge on any atom is -0.386 e. The zero-order valence-corrected chi connectivity index (χ0v) is 17.1. The summed E-state index contributed by atoms with van der Waals surface area (Å²) >= 11 is 7.59. The largest absolute Gasteiger partial charge is 0.386 e. The van der Waals surface area contributed by atoms with Crippen LogP contribution in [0.4, 0.5) is 5.69 Å². The summed E-state index contributed by atoms with van der Waals surface area (Å²) < 4.78 is 32.1. The van der Waals surface area contributed by atoms with E-state index in [-0.39, 0.29) is 29.6 Å². The van der Waals surface area contributed by atoms with Crippen LogP contribution in [0.5, 0.6) is 0 Å². The molecule has 0 aliphatic carbocycles. The fourth-order valence-corrected chi connectivity index (χ4v) is 4.94. The summed E-state index contributed by atoms with van der Waals surface area (Å²) in [6.45, 7) is 0.861. The van der Waals surface area contributed by atoms with Gasteiger partial charge in [-0.25, -0.2) is 8.42 Å². The molecule has 1 N–H and O–H groups in total. The number of hydrogen-bond donors (Lipinski definition) is 1. The van der Waals surface area contributed by atoms with Gasteiger partial charge in [0, 0.05) is 23.7 Å². The van der Waals surface area contributed by atoms with Gasteiger partial charge in [-0.1, -0.05) is 22.8 Å². The summed E-state index contributed by atoms with van der Waals surface area (Å²) in [5.74, 6) is -0.472. The van der Waals surface area contributed by atoms with Crippen LogP contribution in [-0.2, 0) is 24.4 Å². The maximum absolute atomic E-state index is 12.8. The molecule has 0 radical (unpaired) electrons. The van der Waals surface area contributed by atoms with E-state index in [1.807, 2.05) is 17.5 Å². The van der Waals surface area contributed by atoms with Crippen LogP contribution in [0.2, 0.25) is 5.02 Å². The first-order chi connectivity index (χ1) is 13.5. The number of nitrogens with one attached hydrogen (secondary N) is 1. The Kier molecular flexibility index (Phi) is 7.03. The highest BCUT2D eigenvalue weighted by atomic mass is 35.5. The predicted octanol–water partition coefficient (Wildman–Crippen LogP) is 2.41. The van der Waals surface area contributed by atoms with Gasteiger partial charge in [0.05, 0.1) is 24.5 Å². The topological polar surface area (TPSA) is 97.3 Å². The van der Waals surface area contributed by atoms with Gasteiger partial charge >= 0.3 is 0 Å². The highest BCUT2D eigenvalue weighted by Crippen LogP contribution is 2.28. The lowest BCUT2D eigenvalue weighted by Crippen LogP contribution is -2.40. The highest BCUT2D eigenvalue weighted by Gasteiger charge is 2.28. The van der Waals surface area contributed by atoms with Crippen LogP contribution in [0, 0.1) is 0 Å². The average molecular weight is 444 g/mol. The molecule has 0 saturated carbocycles. The number of nitrogens with zero attached hydrogens (tertiary/aromatic N) is 2. The molecule has 0 atom stereocenters. The average Bonchev–Trinajstić information content (AvgIpc) is 3.21. The van der Waals surface area contributed by atoms with E-state index in [2.05, 4.69) is 10.5 Å². The maximum atomic E-state index is 12.8. The Morgan fingerprint density at radius 2 is 2.14 bits per heavy atom. The third kappa shape index (κ3) is 5.30. The molecule has 0 bridgehead atoms. The van der Waals surface area contributed by atoms with E-state index in [9.17, 15) is 13.2 Å². The summed E-state index contributed by atoms with van der Waals surface area (Å²) in [6.07, 6.45) is 1.51. The van der Waals surface area contributed by atoms with Crippen LogP contribution in [0.15, 0.2) is 45.8 Å². The van der Waals surface area contributed by atoms with Crippen molar-refractivity contribution in [1.82, 2.24) is 4.31 Å². The van der Waals surface area contributed by atoms with E-state index in [0.717, 1.165) is 4.88 Å². The molecule has 1 fully saturated rings. The number of ether oxygens (including phenoxy) is 1. The van der Waals surface area contributed by atoms with E-state index < -0.39 is 15.9 Å². The number of thiophene rings is 1. The Morgan fingerprint density at radius 3 is 2.86 bits per heavy atom. The standard InChI is InChI=1S/C17H18ClN3O5S2/c18-15-4-3-13(10-16(15)28(23,24)21-5-7-25-8-6-21)20-17(22)12-26-19-11-14-2-1-9-27-14/h1-4,9-11H,5-8,12H2,(H,20,22)/b19-11+. The molecule has 1 aromatic heterocycles. The Labute approximate surface area is 171 Å². The number of morpholine rings is 1. The normalized spacial score (nSPS) is 15.6. The highest BCUT2D eigenvalue weighted by molar-refractivity contribution is 7.89. The zero-order valence-electron chi connectivity index (χ0n) is 14.7. The van der Waals surface area contributed by atoms with E-state index in [0.29, 0.717) is 18.9 Å². The number of anilines is 1. The third-order valence-electron chi connectivity index (χ3n) is 3.80. The number of oxime groups is 1. The van der Waals surface area contributed by atoms with Crippen LogP contribution in [-0.4, -0.2) is 57.8 Å². The molecule has 11 heteroatoms. The molecule has 2 heterocycles. The van der Waals surface area contributed by atoms with Crippen molar-refractivity contribution in [3.05, 3.63) is 45.6 Å². The first kappa shape index (κ1) is 20.7. The Balaban J connectivity index is 1.63. The second-order valence-electron chi connectivity index (χ2n) is 5.73. The lowest BCUT2D eigenvalue weighted by Gasteiger charge is -2.26. The molecule has 8 nitrogen and oxygen atoms in total. The minimum absolute atomic E-state index is 0.0644. The van der Waals surface area contributed by atoms with E-state index in [1.54, 1.807) is 0 Å². The second-order valence-corrected chi connectivity index (χ2v) is 9.03. The van der Waals surface area contributed by atoms with Crippen molar-refractivity contribution in [2.75, 3.05) is 38.2 Å². The van der Waals surface area contributed by atoms with Gasteiger partial charge in [0.1, 0.15) is 4.90 Å². The van der Waals surface area contributed by atoms with Gasteiger partial charge in [0.15, 0.2) is 6.61 Å². The van der Waals surface area contributed by atoms with Crippen molar-refractivity contribution in [2.45, 2.75) is 4.90 Å². The molecule has 150 valence electrons. The van der Waals surface area contributed by atoms with Gasteiger partial charge in [0.25, 0.3) is 5.91 Å². The summed E-state index contributed by atoms with van der Waals surface area (Å²) in [5, 5.41) is 8.28. The molecule has 1 amide bonds. The molecule has 1 saturated heterocycles. The van der Waals surface area contributed by atoms with Crippen LogP contribution in [0.25, 0.3) is 0 Å². The molecule has 0 spiro atoms. The molecule has 1 aromatic carbocycles. The summed E-state index contributed by atoms with van der Waals surface area (Å²) in [4.78, 5) is 17.8.